The SMILES string of the molecule is O=C1CCCN1CC(=O)N1CC2(CCn3nc(-c4cnc5ccccc5c4)cc32)C1. The molecular formula is C23H23N5O2. The van der Waals surface area contributed by atoms with Gasteiger partial charge in [0.2, 0.25) is 11.8 Å². The number of aryl methyl sites for hydroxylation is 1. The molecule has 152 valence electrons. The molecule has 5 heterocycles. The van der Waals surface area contributed by atoms with E-state index in [4.69, 9.17) is 5.10 Å². The van der Waals surface area contributed by atoms with Crippen molar-refractivity contribution in [3.63, 3.8) is 0 Å². The number of hydrogen-bond acceptors (Lipinski definition) is 4. The van der Waals surface area contributed by atoms with E-state index in [-0.39, 0.29) is 23.8 Å². The van der Waals surface area contributed by atoms with E-state index >= 15 is 0 Å². The molecule has 1 spiro atoms. The van der Waals surface area contributed by atoms with E-state index in [9.17, 15) is 9.59 Å². The Balaban J connectivity index is 1.20. The summed E-state index contributed by atoms with van der Waals surface area (Å²) in [5.74, 6) is 0.166. The maximum absolute atomic E-state index is 12.6. The summed E-state index contributed by atoms with van der Waals surface area (Å²) in [4.78, 5) is 32.6. The van der Waals surface area contributed by atoms with Gasteiger partial charge in [0.25, 0.3) is 0 Å². The van der Waals surface area contributed by atoms with Gasteiger partial charge in [-0.15, -0.1) is 0 Å². The molecule has 0 unspecified atom stereocenters. The van der Waals surface area contributed by atoms with Crippen LogP contribution in [0.3, 0.4) is 0 Å². The highest BCUT2D eigenvalue weighted by Crippen LogP contribution is 2.44. The molecule has 1 aromatic carbocycles. The van der Waals surface area contributed by atoms with Gasteiger partial charge in [0, 0.05) is 60.9 Å². The van der Waals surface area contributed by atoms with Crippen molar-refractivity contribution in [3.05, 3.63) is 48.3 Å². The lowest BCUT2D eigenvalue weighted by molar-refractivity contribution is -0.144. The standard InChI is InChI=1S/C23H23N5O2/c29-21-6-3-8-26(21)13-22(30)27-14-23(15-27)7-9-28-20(23)11-19(25-28)17-10-16-4-1-2-5-18(16)24-12-17/h1-2,4-5,10-12H,3,6-9,13-15H2. The van der Waals surface area contributed by atoms with Crippen molar-refractivity contribution in [2.24, 2.45) is 0 Å². The fraction of sp³-hybridized carbons (Fsp3) is 0.391. The molecule has 30 heavy (non-hydrogen) atoms. The Hall–Kier alpha value is -3.22. The molecule has 7 nitrogen and oxygen atoms in total. The zero-order chi connectivity index (χ0) is 20.3. The van der Waals surface area contributed by atoms with Crippen LogP contribution in [0.15, 0.2) is 42.6 Å². The van der Waals surface area contributed by atoms with E-state index in [1.54, 1.807) is 4.90 Å². The molecule has 2 saturated heterocycles. The number of hydrogen-bond donors (Lipinski definition) is 0. The Morgan fingerprint density at radius 2 is 2.00 bits per heavy atom. The van der Waals surface area contributed by atoms with Crippen molar-refractivity contribution < 1.29 is 9.59 Å². The Morgan fingerprint density at radius 1 is 1.13 bits per heavy atom. The van der Waals surface area contributed by atoms with E-state index in [2.05, 4.69) is 27.9 Å². The molecule has 3 aromatic rings. The molecule has 3 aliphatic rings. The van der Waals surface area contributed by atoms with Crippen molar-refractivity contribution in [2.45, 2.75) is 31.2 Å². The van der Waals surface area contributed by atoms with Crippen molar-refractivity contribution in [2.75, 3.05) is 26.2 Å². The Labute approximate surface area is 174 Å². The molecule has 3 aliphatic heterocycles. The van der Waals surface area contributed by atoms with Crippen LogP contribution in [0.25, 0.3) is 22.2 Å². The molecule has 0 bridgehead atoms. The zero-order valence-electron chi connectivity index (χ0n) is 16.8. The van der Waals surface area contributed by atoms with Crippen LogP contribution in [-0.4, -0.2) is 62.6 Å². The minimum atomic E-state index is 0.000203. The normalized spacial score (nSPS) is 19.5. The minimum absolute atomic E-state index is 0.000203. The van der Waals surface area contributed by atoms with Crippen LogP contribution in [0.1, 0.15) is 25.0 Å². The highest BCUT2D eigenvalue weighted by molar-refractivity contribution is 5.86. The Bertz CT molecular complexity index is 1180. The van der Waals surface area contributed by atoms with Gasteiger partial charge in [0.05, 0.1) is 17.8 Å². The Morgan fingerprint density at radius 3 is 2.83 bits per heavy atom. The summed E-state index contributed by atoms with van der Waals surface area (Å²) < 4.78 is 2.09. The van der Waals surface area contributed by atoms with Crippen LogP contribution in [0, 0.1) is 0 Å². The quantitative estimate of drug-likeness (QED) is 0.675. The van der Waals surface area contributed by atoms with E-state index in [1.807, 2.05) is 29.3 Å². The fourth-order valence-corrected chi connectivity index (χ4v) is 5.13. The predicted octanol–water partition coefficient (Wildman–Crippen LogP) is 2.20. The topological polar surface area (TPSA) is 71.3 Å². The molecule has 2 aromatic heterocycles. The smallest absolute Gasteiger partial charge is 0.242 e. The number of benzene rings is 1. The second-order valence-corrected chi connectivity index (χ2v) is 8.75. The van der Waals surface area contributed by atoms with Crippen molar-refractivity contribution >= 4 is 22.7 Å². The number of pyridine rings is 1. The molecule has 0 saturated carbocycles. The number of fused-ring (bicyclic) bond motifs is 3. The van der Waals surface area contributed by atoms with E-state index in [0.29, 0.717) is 13.0 Å². The van der Waals surface area contributed by atoms with Gasteiger partial charge >= 0.3 is 0 Å². The van der Waals surface area contributed by atoms with Crippen LogP contribution < -0.4 is 0 Å². The first-order valence-corrected chi connectivity index (χ1v) is 10.6. The average Bonchev–Trinajstić information content (AvgIpc) is 3.42. The Kier molecular flexibility index (Phi) is 3.75. The number of likely N-dealkylation sites (tertiary alicyclic amines) is 2. The molecule has 0 aliphatic carbocycles. The number of para-hydroxylation sites is 1. The van der Waals surface area contributed by atoms with E-state index < -0.39 is 0 Å². The summed E-state index contributed by atoms with van der Waals surface area (Å²) >= 11 is 0. The van der Waals surface area contributed by atoms with Crippen LogP contribution in [0.2, 0.25) is 0 Å². The third-order valence-electron chi connectivity index (χ3n) is 6.85. The van der Waals surface area contributed by atoms with Gasteiger partial charge < -0.3 is 9.80 Å². The van der Waals surface area contributed by atoms with Gasteiger partial charge in [-0.3, -0.25) is 19.3 Å². The monoisotopic (exact) mass is 401 g/mol. The third kappa shape index (κ3) is 2.65. The number of rotatable bonds is 3. The maximum Gasteiger partial charge on any atom is 0.242 e. The van der Waals surface area contributed by atoms with E-state index in [1.165, 1.54) is 5.69 Å². The zero-order valence-corrected chi connectivity index (χ0v) is 16.8. The lowest BCUT2D eigenvalue weighted by atomic mass is 9.75. The van der Waals surface area contributed by atoms with Gasteiger partial charge in [-0.2, -0.15) is 5.10 Å². The molecule has 6 rings (SSSR count). The molecule has 2 fully saturated rings. The maximum atomic E-state index is 12.6. The molecular weight excluding hydrogens is 378 g/mol. The summed E-state index contributed by atoms with van der Waals surface area (Å²) in [6.45, 7) is 3.24. The van der Waals surface area contributed by atoms with Crippen molar-refractivity contribution in [1.29, 1.82) is 0 Å². The lowest BCUT2D eigenvalue weighted by Gasteiger charge is -2.48. The highest BCUT2D eigenvalue weighted by atomic mass is 16.2. The largest absolute Gasteiger partial charge is 0.339 e. The van der Waals surface area contributed by atoms with Crippen LogP contribution in [0.4, 0.5) is 0 Å². The summed E-state index contributed by atoms with van der Waals surface area (Å²) in [5, 5.41) is 5.93. The van der Waals surface area contributed by atoms with Gasteiger partial charge in [0.1, 0.15) is 0 Å². The number of carbonyl (C=O) groups excluding carboxylic acids is 2. The van der Waals surface area contributed by atoms with Crippen molar-refractivity contribution in [3.8, 4) is 11.3 Å². The van der Waals surface area contributed by atoms with Crippen LogP contribution in [0.5, 0.6) is 0 Å². The van der Waals surface area contributed by atoms with E-state index in [0.717, 1.165) is 54.6 Å². The van der Waals surface area contributed by atoms with Crippen molar-refractivity contribution in [1.82, 2.24) is 24.6 Å². The number of carbonyl (C=O) groups is 2. The summed E-state index contributed by atoms with van der Waals surface area (Å²) in [5.41, 5.74) is 4.15. The molecule has 0 atom stereocenters. The minimum Gasteiger partial charge on any atom is -0.339 e. The molecule has 0 radical (unpaired) electrons. The second-order valence-electron chi connectivity index (χ2n) is 8.75. The second kappa shape index (κ2) is 6.39. The lowest BCUT2D eigenvalue weighted by Crippen LogP contribution is -2.61. The summed E-state index contributed by atoms with van der Waals surface area (Å²) in [6, 6.07) is 12.4. The fourth-order valence-electron chi connectivity index (χ4n) is 5.13. The first-order valence-electron chi connectivity index (χ1n) is 10.6. The molecule has 2 amide bonds. The summed E-state index contributed by atoms with van der Waals surface area (Å²) in [7, 11) is 0. The van der Waals surface area contributed by atoms with Gasteiger partial charge in [0.15, 0.2) is 0 Å². The number of amides is 2. The van der Waals surface area contributed by atoms with Gasteiger partial charge in [-0.05, 0) is 31.0 Å². The van der Waals surface area contributed by atoms with Gasteiger partial charge in [-0.25, -0.2) is 0 Å². The first kappa shape index (κ1) is 17.6. The average molecular weight is 401 g/mol. The highest BCUT2D eigenvalue weighted by Gasteiger charge is 2.51. The molecule has 7 heteroatoms. The summed E-state index contributed by atoms with van der Waals surface area (Å²) in [6.07, 6.45) is 4.33. The predicted molar refractivity (Wildman–Crippen MR) is 112 cm³/mol. The third-order valence-corrected chi connectivity index (χ3v) is 6.85. The number of aromatic nitrogens is 3. The number of nitrogens with zero attached hydrogens (tertiary/aromatic N) is 5. The first-order chi connectivity index (χ1) is 14.6. The van der Waals surface area contributed by atoms with Gasteiger partial charge in [-0.1, -0.05) is 18.2 Å². The molecule has 0 N–H and O–H groups in total. The van der Waals surface area contributed by atoms with Crippen LogP contribution in [-0.2, 0) is 21.5 Å². The van der Waals surface area contributed by atoms with Crippen LogP contribution >= 0.6 is 0 Å².